The lowest BCUT2D eigenvalue weighted by molar-refractivity contribution is -0.141. The molecule has 0 aliphatic carbocycles. The van der Waals surface area contributed by atoms with Crippen molar-refractivity contribution >= 4 is 112 Å². The van der Waals surface area contributed by atoms with E-state index >= 15 is 24.0 Å². The van der Waals surface area contributed by atoms with E-state index < -0.39 is 172 Å². The third-order valence-electron chi connectivity index (χ3n) is 16.4. The van der Waals surface area contributed by atoms with Gasteiger partial charge in [0, 0.05) is 25.5 Å². The zero-order valence-electron chi connectivity index (χ0n) is 52.4. The van der Waals surface area contributed by atoms with Gasteiger partial charge < -0.3 is 63.4 Å². The summed E-state index contributed by atoms with van der Waals surface area (Å²) < 4.78 is -4.10. The molecule has 0 bridgehead atoms. The molecule has 4 aromatic carbocycles. The second-order valence-corrected chi connectivity index (χ2v) is 32.3. The predicted molar refractivity (Wildman–Crippen MR) is 354 cm³/mol. The molecule has 504 valence electrons. The number of amides is 7. The lowest BCUT2D eigenvalue weighted by atomic mass is 10.0. The number of nitrogens with two attached hydrogens (primary N) is 1. The van der Waals surface area contributed by atoms with Crippen molar-refractivity contribution in [2.24, 2.45) is 5.73 Å². The van der Waals surface area contributed by atoms with E-state index in [0.717, 1.165) is 35.3 Å². The van der Waals surface area contributed by atoms with E-state index in [-0.39, 0.29) is 17.7 Å². The molecule has 4 fully saturated rings. The lowest BCUT2D eigenvalue weighted by Crippen LogP contribution is -2.62. The standard InChI is InChI=1S/C63H78N12O15S4/c1-60(2)42(56(83)84)66-34(91-60)29-65-47(77)36(31-23-15-10-16-24-31)67-51(81)40(54-74-44(58(87)88)62(5,6)93-54)71-49(79)38(33-27-19-12-20-28-33)69-52(82)41(55-75-45(59(89)90)63(7,8)94-55)72-48(78)37(32-25-17-11-18-26-32)68-50(80)39(53-73-43(57(85)86)61(3,4)92-53)70-46(76)35(64)30-21-13-9-14-22-30/h9-28,34-45,53-55,66,73-75H,29,64H2,1-8H3,(H,65,77)(H,67,81)(H,68,80)(H,69,82)(H,70,76)(H,71,79)(H,72,78)(H,83,84)(H,85,86)(H,87,88)(H,89,90)/t34?,35-,36-,37-,38-,39?,40?,41?,42+,43+,44+,45+,53?,54?,55?/m1/s1. The van der Waals surface area contributed by atoms with Crippen LogP contribution in [-0.2, 0) is 52.7 Å². The maximum absolute atomic E-state index is 15.5. The molecule has 0 aromatic heterocycles. The summed E-state index contributed by atoms with van der Waals surface area (Å²) in [6, 6.07) is 15.6. The van der Waals surface area contributed by atoms with Crippen molar-refractivity contribution in [1.82, 2.24) is 58.5 Å². The Kier molecular flexibility index (Phi) is 22.9. The summed E-state index contributed by atoms with van der Waals surface area (Å²) in [7, 11) is 0. The Morgan fingerprint density at radius 3 is 0.926 bits per heavy atom. The number of carbonyl (C=O) groups excluding carboxylic acids is 7. The fourth-order valence-electron chi connectivity index (χ4n) is 11.5. The Morgan fingerprint density at radius 2 is 0.638 bits per heavy atom. The van der Waals surface area contributed by atoms with Crippen LogP contribution in [0.5, 0.6) is 0 Å². The van der Waals surface area contributed by atoms with Gasteiger partial charge in [-0.05, 0) is 77.6 Å². The molecule has 8 rings (SSSR count). The normalized spacial score (nSPS) is 25.2. The molecule has 94 heavy (non-hydrogen) atoms. The largest absolute Gasteiger partial charge is 0.480 e. The number of hydrogen-bond acceptors (Lipinski definition) is 20. The first kappa shape index (κ1) is 72.1. The zero-order chi connectivity index (χ0) is 68.8. The van der Waals surface area contributed by atoms with Gasteiger partial charge in [0.05, 0.1) is 21.5 Å². The maximum atomic E-state index is 15.5. The van der Waals surface area contributed by atoms with Gasteiger partial charge in [-0.1, -0.05) is 121 Å². The summed E-state index contributed by atoms with van der Waals surface area (Å²) >= 11 is 4.33. The summed E-state index contributed by atoms with van der Waals surface area (Å²) in [4.78, 5) is 155. The molecule has 4 heterocycles. The number of carboxylic acids is 4. The summed E-state index contributed by atoms with van der Waals surface area (Å²) in [5.41, 5.74) is 7.37. The lowest BCUT2D eigenvalue weighted by Gasteiger charge is -2.31. The molecule has 0 radical (unpaired) electrons. The minimum absolute atomic E-state index is 0.0762. The first-order chi connectivity index (χ1) is 44.2. The van der Waals surface area contributed by atoms with Crippen LogP contribution in [0.3, 0.4) is 0 Å². The van der Waals surface area contributed by atoms with E-state index in [1.54, 1.807) is 152 Å². The third kappa shape index (κ3) is 17.0. The molecule has 4 aromatic rings. The van der Waals surface area contributed by atoms with Crippen LogP contribution in [0.25, 0.3) is 0 Å². The molecular formula is C63H78N12O15S4. The molecule has 0 spiro atoms. The van der Waals surface area contributed by atoms with Crippen molar-refractivity contribution < 1.29 is 73.2 Å². The molecule has 7 amide bonds. The van der Waals surface area contributed by atoms with Crippen LogP contribution in [0.4, 0.5) is 0 Å². The van der Waals surface area contributed by atoms with Gasteiger partial charge in [0.2, 0.25) is 41.4 Å². The molecular weight excluding hydrogens is 1290 g/mol. The smallest absolute Gasteiger partial charge is 0.322 e. The van der Waals surface area contributed by atoms with Crippen molar-refractivity contribution in [2.75, 3.05) is 6.54 Å². The van der Waals surface area contributed by atoms with Crippen LogP contribution < -0.4 is 64.2 Å². The summed E-state index contributed by atoms with van der Waals surface area (Å²) in [5.74, 6) is -11.6. The quantitative estimate of drug-likeness (QED) is 0.0422. The highest BCUT2D eigenvalue weighted by Gasteiger charge is 2.54. The van der Waals surface area contributed by atoms with Crippen molar-refractivity contribution in [3.63, 3.8) is 0 Å². The highest BCUT2D eigenvalue weighted by molar-refractivity contribution is 8.02. The van der Waals surface area contributed by atoms with Gasteiger partial charge in [-0.25, -0.2) is 0 Å². The van der Waals surface area contributed by atoms with E-state index in [9.17, 15) is 49.2 Å². The van der Waals surface area contributed by atoms with Gasteiger partial charge >= 0.3 is 23.9 Å². The van der Waals surface area contributed by atoms with Gasteiger partial charge in [0.15, 0.2) is 0 Å². The van der Waals surface area contributed by atoms with Crippen LogP contribution in [0, 0.1) is 0 Å². The molecule has 17 N–H and O–H groups in total. The molecule has 7 unspecified atom stereocenters. The fraction of sp³-hybridized carbons (Fsp3) is 0.444. The molecule has 4 aliphatic heterocycles. The average molecular weight is 1370 g/mol. The molecule has 4 aliphatic rings. The first-order valence-corrected chi connectivity index (χ1v) is 33.4. The van der Waals surface area contributed by atoms with E-state index in [2.05, 4.69) is 58.5 Å². The number of aliphatic carboxylic acids is 4. The summed E-state index contributed by atoms with van der Waals surface area (Å²) in [6.45, 7) is 13.1. The minimum atomic E-state index is -1.82. The zero-order valence-corrected chi connectivity index (χ0v) is 55.7. The topological polar surface area (TPSA) is 427 Å². The monoisotopic (exact) mass is 1370 g/mol. The van der Waals surface area contributed by atoms with Gasteiger partial charge in [0.25, 0.3) is 0 Å². The Bertz CT molecular complexity index is 3490. The van der Waals surface area contributed by atoms with Crippen molar-refractivity contribution in [3.8, 4) is 0 Å². The van der Waals surface area contributed by atoms with Gasteiger partial charge in [-0.15, -0.1) is 47.0 Å². The number of benzene rings is 4. The maximum Gasteiger partial charge on any atom is 0.322 e. The molecule has 0 saturated carbocycles. The van der Waals surface area contributed by atoms with Gasteiger partial charge in [-0.3, -0.25) is 74.0 Å². The molecule has 27 nitrogen and oxygen atoms in total. The summed E-state index contributed by atoms with van der Waals surface area (Å²) in [6.07, 6.45) is 0. The van der Waals surface area contributed by atoms with Crippen molar-refractivity contribution in [2.45, 2.75) is 162 Å². The second-order valence-electron chi connectivity index (χ2n) is 25.0. The van der Waals surface area contributed by atoms with Gasteiger partial charge in [0.1, 0.15) is 66.5 Å². The molecule has 4 saturated heterocycles. The van der Waals surface area contributed by atoms with Crippen LogP contribution >= 0.6 is 47.0 Å². The van der Waals surface area contributed by atoms with E-state index in [1.807, 2.05) is 0 Å². The Labute approximate surface area is 559 Å². The molecule has 15 atom stereocenters. The first-order valence-electron chi connectivity index (χ1n) is 29.9. The van der Waals surface area contributed by atoms with Crippen LogP contribution in [0.1, 0.15) is 102 Å². The van der Waals surface area contributed by atoms with Crippen molar-refractivity contribution in [3.05, 3.63) is 144 Å². The number of rotatable bonds is 26. The average Bonchev–Trinajstić information content (AvgIpc) is 1.64. The highest BCUT2D eigenvalue weighted by Crippen LogP contribution is 2.43. The summed E-state index contributed by atoms with van der Waals surface area (Å²) in [5, 5.41) is 67.6. The van der Waals surface area contributed by atoms with E-state index in [4.69, 9.17) is 5.73 Å². The number of carbonyl (C=O) groups is 11. The predicted octanol–water partition coefficient (Wildman–Crippen LogP) is 1.41. The number of carboxylic acid groups (broad SMARTS) is 4. The SMILES string of the molecule is CC1(C)SC(CNC(=O)[C@H](NC(=O)C(NC(=O)[C@H](NC(=O)C(NC(=O)[C@H](NC(=O)C(NC(=O)[C@H](N)c2ccccc2)C2N[C@@H](C(=O)O)C(C)(C)S2)c2ccccc2)C2N[C@@H](C(=O)O)C(C)(C)S2)c2ccccc2)C2N[C@@H](C(=O)O)C(C)(C)S2)c2ccccc2)N[C@H]1C(=O)O. The number of hydrogen-bond donors (Lipinski definition) is 16. The van der Waals surface area contributed by atoms with Crippen molar-refractivity contribution in [1.29, 1.82) is 0 Å². The third-order valence-corrected chi connectivity index (χ3v) is 22.4. The Hall–Kier alpha value is -7.75. The van der Waals surface area contributed by atoms with E-state index in [0.29, 0.717) is 11.1 Å². The Balaban J connectivity index is 1.12. The van der Waals surface area contributed by atoms with Crippen LogP contribution in [0.15, 0.2) is 121 Å². The second kappa shape index (κ2) is 29.9. The van der Waals surface area contributed by atoms with Crippen LogP contribution in [-0.4, -0.2) is 175 Å². The van der Waals surface area contributed by atoms with Crippen LogP contribution in [0.2, 0.25) is 0 Å². The fourth-order valence-corrected chi connectivity index (χ4v) is 17.4. The van der Waals surface area contributed by atoms with E-state index in [1.165, 1.54) is 36.0 Å². The number of thioether (sulfide) groups is 4. The highest BCUT2D eigenvalue weighted by atomic mass is 32.2. The minimum Gasteiger partial charge on any atom is -0.480 e. The Morgan fingerprint density at radius 1 is 0.372 bits per heavy atom. The van der Waals surface area contributed by atoms with Gasteiger partial charge in [-0.2, -0.15) is 0 Å². The number of nitrogens with one attached hydrogen (secondary N) is 11. The molecule has 31 heteroatoms.